The summed E-state index contributed by atoms with van der Waals surface area (Å²) in [5, 5.41) is 11.4. The average Bonchev–Trinajstić information content (AvgIpc) is 3.29. The van der Waals surface area contributed by atoms with Crippen molar-refractivity contribution in [3.05, 3.63) is 72.3 Å². The number of aromatic hydroxyl groups is 1. The van der Waals surface area contributed by atoms with Crippen molar-refractivity contribution in [2.24, 2.45) is 10.8 Å². The lowest BCUT2D eigenvalue weighted by atomic mass is 9.57. The molecule has 0 radical (unpaired) electrons. The summed E-state index contributed by atoms with van der Waals surface area (Å²) < 4.78 is 13.7. The zero-order valence-electron chi connectivity index (χ0n) is 22.0. The number of hydrogen-bond donors (Lipinski definition) is 1. The molecule has 4 aromatic rings. The van der Waals surface area contributed by atoms with Crippen molar-refractivity contribution >= 4 is 11.0 Å². The van der Waals surface area contributed by atoms with Gasteiger partial charge in [-0.05, 0) is 48.5 Å². The summed E-state index contributed by atoms with van der Waals surface area (Å²) in [7, 11) is 1.65. The number of rotatable bonds is 4. The zero-order chi connectivity index (χ0) is 26.2. The van der Waals surface area contributed by atoms with Crippen LogP contribution in [0.2, 0.25) is 0 Å². The van der Waals surface area contributed by atoms with Crippen molar-refractivity contribution < 1.29 is 24.4 Å². The highest BCUT2D eigenvalue weighted by molar-refractivity contribution is 5.84. The van der Waals surface area contributed by atoms with Gasteiger partial charge in [-0.2, -0.15) is 4.89 Å². The Morgan fingerprint density at radius 2 is 1.70 bits per heavy atom. The Balaban J connectivity index is 1.50. The molecule has 37 heavy (non-hydrogen) atoms. The zero-order valence-corrected chi connectivity index (χ0v) is 22.0. The monoisotopic (exact) mass is 500 g/mol. The fraction of sp³-hybridized carbons (Fsp3) is 0.367. The van der Waals surface area contributed by atoms with E-state index in [1.54, 1.807) is 13.2 Å². The van der Waals surface area contributed by atoms with Crippen molar-refractivity contribution in [1.82, 2.24) is 9.55 Å². The van der Waals surface area contributed by atoms with Crippen LogP contribution in [0.4, 0.5) is 0 Å². The normalized spacial score (nSPS) is 24.6. The Kier molecular flexibility index (Phi) is 5.06. The van der Waals surface area contributed by atoms with Gasteiger partial charge in [0.15, 0.2) is 5.60 Å². The number of fused-ring (bicyclic) bond motifs is 2. The number of para-hydroxylation sites is 2. The molecular formula is C30H32N2O5. The Bertz CT molecular complexity index is 1500. The number of hydrogen-bond acceptors (Lipinski definition) is 6. The number of nitrogens with zero attached hydrogens (tertiary/aromatic N) is 2. The van der Waals surface area contributed by atoms with Gasteiger partial charge in [0, 0.05) is 22.1 Å². The van der Waals surface area contributed by atoms with Gasteiger partial charge in [0.05, 0.1) is 30.3 Å². The smallest absolute Gasteiger partial charge is 0.261 e. The summed E-state index contributed by atoms with van der Waals surface area (Å²) >= 11 is 0. The number of benzene rings is 3. The molecule has 0 spiro atoms. The van der Waals surface area contributed by atoms with E-state index in [0.29, 0.717) is 23.6 Å². The minimum atomic E-state index is -1.11. The van der Waals surface area contributed by atoms with E-state index in [2.05, 4.69) is 34.6 Å². The fourth-order valence-electron chi connectivity index (χ4n) is 6.36. The Labute approximate surface area is 216 Å². The first-order valence-corrected chi connectivity index (χ1v) is 12.5. The second-order valence-electron chi connectivity index (χ2n) is 11.6. The summed E-state index contributed by atoms with van der Waals surface area (Å²) in [5.74, 6) is 0.378. The minimum absolute atomic E-state index is 0.0866. The summed E-state index contributed by atoms with van der Waals surface area (Å²) in [4.78, 5) is 16.6. The Morgan fingerprint density at radius 3 is 2.32 bits per heavy atom. The molecule has 0 bridgehead atoms. The van der Waals surface area contributed by atoms with Crippen molar-refractivity contribution in [1.29, 1.82) is 0 Å². The number of methoxy groups -OCH3 is 1. The van der Waals surface area contributed by atoms with Crippen molar-refractivity contribution in [3.63, 3.8) is 0 Å². The van der Waals surface area contributed by atoms with Crippen LogP contribution >= 0.6 is 0 Å². The molecule has 0 aliphatic carbocycles. The minimum Gasteiger partial charge on any atom is -0.507 e. The van der Waals surface area contributed by atoms with Gasteiger partial charge in [-0.25, -0.2) is 9.87 Å². The van der Waals surface area contributed by atoms with Crippen molar-refractivity contribution in [2.75, 3.05) is 13.7 Å². The lowest BCUT2D eigenvalue weighted by Gasteiger charge is -2.61. The molecule has 2 aliphatic rings. The molecule has 0 saturated carbocycles. The van der Waals surface area contributed by atoms with Crippen LogP contribution in [0.15, 0.2) is 66.7 Å². The van der Waals surface area contributed by atoms with Gasteiger partial charge in [-0.1, -0.05) is 52.8 Å². The van der Waals surface area contributed by atoms with Crippen LogP contribution in [0.1, 0.15) is 40.2 Å². The van der Waals surface area contributed by atoms with E-state index in [-0.39, 0.29) is 16.6 Å². The molecule has 2 unspecified atom stereocenters. The van der Waals surface area contributed by atoms with Crippen LogP contribution in [-0.2, 0) is 20.3 Å². The fourth-order valence-corrected chi connectivity index (χ4v) is 6.36. The Morgan fingerprint density at radius 1 is 0.973 bits per heavy atom. The number of ether oxygens (including phenoxy) is 2. The maximum absolute atomic E-state index is 11.4. The van der Waals surface area contributed by atoms with Crippen molar-refractivity contribution in [3.8, 4) is 28.6 Å². The molecule has 7 heteroatoms. The molecule has 2 atom stereocenters. The van der Waals surface area contributed by atoms with E-state index < -0.39 is 11.4 Å². The van der Waals surface area contributed by atoms with Crippen LogP contribution in [0, 0.1) is 10.8 Å². The molecule has 6 rings (SSSR count). The summed E-state index contributed by atoms with van der Waals surface area (Å²) in [5.41, 5.74) is 2.68. The van der Waals surface area contributed by atoms with Gasteiger partial charge >= 0.3 is 0 Å². The number of aromatic nitrogens is 2. The standard InChI is InChI=1S/C30H32N2O5/c1-27(2,3)30-28(4,5)18-35-29(30,36-37-30)19-11-16-22(25(33)17-19)26-31-23-9-7-8-10-24(23)32(26)20-12-14-21(34-6)15-13-20/h7-17,33H,18H2,1-6H3. The predicted molar refractivity (Wildman–Crippen MR) is 140 cm³/mol. The van der Waals surface area contributed by atoms with Gasteiger partial charge in [-0.3, -0.25) is 4.57 Å². The highest BCUT2D eigenvalue weighted by Gasteiger charge is 2.81. The van der Waals surface area contributed by atoms with Gasteiger partial charge in [-0.15, -0.1) is 0 Å². The Hall–Kier alpha value is -3.39. The molecular weight excluding hydrogens is 468 g/mol. The molecule has 1 aromatic heterocycles. The van der Waals surface area contributed by atoms with Gasteiger partial charge in [0.25, 0.3) is 5.79 Å². The number of phenolic OH excluding ortho intramolecular Hbond substituents is 1. The number of imidazole rings is 1. The summed E-state index contributed by atoms with van der Waals surface area (Å²) in [6, 6.07) is 21.2. The molecule has 2 saturated heterocycles. The van der Waals surface area contributed by atoms with E-state index in [0.717, 1.165) is 22.5 Å². The van der Waals surface area contributed by atoms with Gasteiger partial charge in [0.1, 0.15) is 17.3 Å². The molecule has 2 aliphatic heterocycles. The molecule has 1 N–H and O–H groups in total. The van der Waals surface area contributed by atoms with Crippen LogP contribution in [-0.4, -0.2) is 34.0 Å². The molecule has 3 aromatic carbocycles. The third kappa shape index (κ3) is 3.08. The highest BCUT2D eigenvalue weighted by atomic mass is 17.3. The first-order chi connectivity index (χ1) is 17.5. The third-order valence-electron chi connectivity index (χ3n) is 7.90. The molecule has 7 nitrogen and oxygen atoms in total. The van der Waals surface area contributed by atoms with Crippen LogP contribution < -0.4 is 4.74 Å². The maximum atomic E-state index is 11.4. The van der Waals surface area contributed by atoms with Gasteiger partial charge < -0.3 is 14.6 Å². The third-order valence-corrected chi connectivity index (χ3v) is 7.90. The van der Waals surface area contributed by atoms with Crippen molar-refractivity contribution in [2.45, 2.75) is 46.0 Å². The van der Waals surface area contributed by atoms with E-state index >= 15 is 0 Å². The molecule has 192 valence electrons. The molecule has 0 amide bonds. The summed E-state index contributed by atoms with van der Waals surface area (Å²) in [6.07, 6.45) is 0. The van der Waals surface area contributed by atoms with E-state index in [1.807, 2.05) is 65.2 Å². The highest BCUT2D eigenvalue weighted by Crippen LogP contribution is 2.69. The summed E-state index contributed by atoms with van der Waals surface area (Å²) in [6.45, 7) is 11.1. The second-order valence-corrected chi connectivity index (χ2v) is 11.6. The first-order valence-electron chi connectivity index (χ1n) is 12.5. The maximum Gasteiger partial charge on any atom is 0.261 e. The second kappa shape index (κ2) is 7.81. The lowest BCUT2D eigenvalue weighted by Crippen LogP contribution is -2.73. The van der Waals surface area contributed by atoms with E-state index in [9.17, 15) is 5.11 Å². The average molecular weight is 501 g/mol. The molecule has 2 fully saturated rings. The lowest BCUT2D eigenvalue weighted by molar-refractivity contribution is -0.626. The van der Waals surface area contributed by atoms with E-state index in [4.69, 9.17) is 24.2 Å². The SMILES string of the molecule is COc1ccc(-n2c(-c3ccc(C45OCC(C)(C)C4(C(C)(C)C)OO5)cc3O)nc3ccccc32)cc1. The van der Waals surface area contributed by atoms with E-state index in [1.165, 1.54) is 0 Å². The molecule has 3 heterocycles. The first kappa shape index (κ1) is 24.0. The van der Waals surface area contributed by atoms with Gasteiger partial charge in [0.2, 0.25) is 0 Å². The van der Waals surface area contributed by atoms with Crippen LogP contribution in [0.3, 0.4) is 0 Å². The largest absolute Gasteiger partial charge is 0.507 e. The topological polar surface area (TPSA) is 75.0 Å². The number of phenols is 1. The quantitative estimate of drug-likeness (QED) is 0.329. The van der Waals surface area contributed by atoms with Crippen LogP contribution in [0.5, 0.6) is 11.5 Å². The predicted octanol–water partition coefficient (Wildman–Crippen LogP) is 6.36. The van der Waals surface area contributed by atoms with Crippen LogP contribution in [0.25, 0.3) is 28.1 Å².